The van der Waals surface area contributed by atoms with Crippen molar-refractivity contribution in [3.05, 3.63) is 0 Å². The summed E-state index contributed by atoms with van der Waals surface area (Å²) < 4.78 is 0. The molecule has 1 amide bonds. The summed E-state index contributed by atoms with van der Waals surface area (Å²) >= 11 is 0. The highest BCUT2D eigenvalue weighted by atomic mass is 16.3. The van der Waals surface area contributed by atoms with Crippen LogP contribution in [0.15, 0.2) is 0 Å². The van der Waals surface area contributed by atoms with Gasteiger partial charge in [0.25, 0.3) is 0 Å². The fraction of sp³-hybridized carbons (Fsp3) is 0.909. The van der Waals surface area contributed by atoms with Crippen LogP contribution < -0.4 is 11.1 Å². The number of hydrogen-bond acceptors (Lipinski definition) is 3. The highest BCUT2D eigenvalue weighted by Crippen LogP contribution is 2.18. The topological polar surface area (TPSA) is 75.4 Å². The number of nitrogens with two attached hydrogens (primary N) is 1. The standard InChI is InChI=1S/C11H22N2O2/c1-2-8(7-12)11(15)13-9-5-3-4-6-10(9)14/h8-10,14H,2-7,12H2,1H3,(H,13,15). The van der Waals surface area contributed by atoms with E-state index in [0.717, 1.165) is 32.1 Å². The van der Waals surface area contributed by atoms with Crippen LogP contribution in [0.25, 0.3) is 0 Å². The van der Waals surface area contributed by atoms with Crippen LogP contribution in [0.5, 0.6) is 0 Å². The van der Waals surface area contributed by atoms with Gasteiger partial charge in [0.1, 0.15) is 0 Å². The van der Waals surface area contributed by atoms with E-state index < -0.39 is 0 Å². The monoisotopic (exact) mass is 214 g/mol. The summed E-state index contributed by atoms with van der Waals surface area (Å²) in [5.74, 6) is -0.120. The van der Waals surface area contributed by atoms with Gasteiger partial charge in [0, 0.05) is 12.5 Å². The van der Waals surface area contributed by atoms with Crippen molar-refractivity contribution in [2.45, 2.75) is 51.2 Å². The molecule has 4 heteroatoms. The molecule has 88 valence electrons. The van der Waals surface area contributed by atoms with Gasteiger partial charge in [-0.2, -0.15) is 0 Å². The molecule has 3 unspecified atom stereocenters. The Morgan fingerprint density at radius 3 is 2.73 bits per heavy atom. The van der Waals surface area contributed by atoms with Crippen LogP contribution in [0.3, 0.4) is 0 Å². The number of rotatable bonds is 4. The molecule has 0 heterocycles. The Morgan fingerprint density at radius 2 is 2.20 bits per heavy atom. The molecule has 0 radical (unpaired) electrons. The van der Waals surface area contributed by atoms with Crippen LogP contribution >= 0.6 is 0 Å². The van der Waals surface area contributed by atoms with Crippen LogP contribution in [0.1, 0.15) is 39.0 Å². The lowest BCUT2D eigenvalue weighted by Crippen LogP contribution is -2.48. The van der Waals surface area contributed by atoms with Gasteiger partial charge in [-0.3, -0.25) is 4.79 Å². The molecule has 0 spiro atoms. The minimum absolute atomic E-state index is 0.00838. The molecule has 0 aromatic heterocycles. The number of nitrogens with one attached hydrogen (secondary N) is 1. The molecule has 1 aliphatic rings. The van der Waals surface area contributed by atoms with Crippen LogP contribution in [0.4, 0.5) is 0 Å². The number of amides is 1. The van der Waals surface area contributed by atoms with E-state index in [9.17, 15) is 9.90 Å². The third-order valence-electron chi connectivity index (χ3n) is 3.21. The predicted molar refractivity (Wildman–Crippen MR) is 59.2 cm³/mol. The molecule has 0 aliphatic heterocycles. The van der Waals surface area contributed by atoms with Gasteiger partial charge in [-0.05, 0) is 19.3 Å². The molecule has 1 aliphatic carbocycles. The Bertz CT molecular complexity index is 205. The van der Waals surface area contributed by atoms with E-state index in [1.165, 1.54) is 0 Å². The SMILES string of the molecule is CCC(CN)C(=O)NC1CCCCC1O. The molecule has 15 heavy (non-hydrogen) atoms. The van der Waals surface area contributed by atoms with E-state index in [0.29, 0.717) is 6.54 Å². The summed E-state index contributed by atoms with van der Waals surface area (Å²) in [4.78, 5) is 11.7. The third-order valence-corrected chi connectivity index (χ3v) is 3.21. The average molecular weight is 214 g/mol. The fourth-order valence-corrected chi connectivity index (χ4v) is 2.04. The maximum absolute atomic E-state index is 11.7. The molecular weight excluding hydrogens is 192 g/mol. The predicted octanol–water partition coefficient (Wildman–Crippen LogP) is 0.391. The Morgan fingerprint density at radius 1 is 1.53 bits per heavy atom. The normalized spacial score (nSPS) is 28.5. The second-order valence-electron chi connectivity index (χ2n) is 4.31. The summed E-state index contributed by atoms with van der Waals surface area (Å²) in [5, 5.41) is 12.6. The van der Waals surface area contributed by atoms with Crippen molar-refractivity contribution in [1.29, 1.82) is 0 Å². The van der Waals surface area contributed by atoms with Crippen molar-refractivity contribution in [2.24, 2.45) is 11.7 Å². The average Bonchev–Trinajstić information content (AvgIpc) is 2.23. The van der Waals surface area contributed by atoms with Gasteiger partial charge in [0.2, 0.25) is 5.91 Å². The van der Waals surface area contributed by atoms with Crippen LogP contribution in [-0.4, -0.2) is 29.7 Å². The lowest BCUT2D eigenvalue weighted by molar-refractivity contribution is -0.126. The molecule has 1 rings (SSSR count). The van der Waals surface area contributed by atoms with E-state index in [-0.39, 0.29) is 24.0 Å². The van der Waals surface area contributed by atoms with Gasteiger partial charge in [0.05, 0.1) is 12.1 Å². The number of aliphatic hydroxyl groups excluding tert-OH is 1. The van der Waals surface area contributed by atoms with Gasteiger partial charge >= 0.3 is 0 Å². The minimum atomic E-state index is -0.377. The highest BCUT2D eigenvalue weighted by molar-refractivity contribution is 5.79. The van der Waals surface area contributed by atoms with Crippen LogP contribution in [0.2, 0.25) is 0 Å². The number of aliphatic hydroxyl groups is 1. The maximum Gasteiger partial charge on any atom is 0.224 e. The van der Waals surface area contributed by atoms with E-state index in [1.54, 1.807) is 0 Å². The quantitative estimate of drug-likeness (QED) is 0.633. The molecule has 3 atom stereocenters. The fourth-order valence-electron chi connectivity index (χ4n) is 2.04. The highest BCUT2D eigenvalue weighted by Gasteiger charge is 2.26. The van der Waals surface area contributed by atoms with Gasteiger partial charge in [0.15, 0.2) is 0 Å². The molecule has 0 aromatic carbocycles. The van der Waals surface area contributed by atoms with Crippen molar-refractivity contribution in [3.63, 3.8) is 0 Å². The molecule has 4 N–H and O–H groups in total. The van der Waals surface area contributed by atoms with Crippen molar-refractivity contribution in [2.75, 3.05) is 6.54 Å². The van der Waals surface area contributed by atoms with Crippen molar-refractivity contribution in [3.8, 4) is 0 Å². The maximum atomic E-state index is 11.7. The molecule has 0 saturated heterocycles. The number of hydrogen-bond donors (Lipinski definition) is 3. The van der Waals surface area contributed by atoms with Gasteiger partial charge in [-0.25, -0.2) is 0 Å². The zero-order valence-electron chi connectivity index (χ0n) is 9.41. The lowest BCUT2D eigenvalue weighted by atomic mass is 9.92. The number of carbonyl (C=O) groups is 1. The number of carbonyl (C=O) groups excluding carboxylic acids is 1. The Hall–Kier alpha value is -0.610. The summed E-state index contributed by atoms with van der Waals surface area (Å²) in [5.41, 5.74) is 5.50. The molecular formula is C11H22N2O2. The summed E-state index contributed by atoms with van der Waals surface area (Å²) in [6.45, 7) is 2.33. The zero-order valence-corrected chi connectivity index (χ0v) is 9.41. The Labute approximate surface area is 91.2 Å². The van der Waals surface area contributed by atoms with E-state index in [1.807, 2.05) is 6.92 Å². The van der Waals surface area contributed by atoms with E-state index >= 15 is 0 Å². The van der Waals surface area contributed by atoms with E-state index in [2.05, 4.69) is 5.32 Å². The third kappa shape index (κ3) is 3.47. The lowest BCUT2D eigenvalue weighted by Gasteiger charge is -2.29. The molecule has 0 aromatic rings. The Balaban J connectivity index is 2.41. The van der Waals surface area contributed by atoms with Crippen molar-refractivity contribution < 1.29 is 9.90 Å². The first-order valence-electron chi connectivity index (χ1n) is 5.87. The summed E-state index contributed by atoms with van der Waals surface area (Å²) in [6.07, 6.45) is 4.20. The first kappa shape index (κ1) is 12.5. The van der Waals surface area contributed by atoms with Gasteiger partial charge < -0.3 is 16.2 Å². The molecule has 1 fully saturated rings. The molecule has 0 bridgehead atoms. The smallest absolute Gasteiger partial charge is 0.224 e. The summed E-state index contributed by atoms with van der Waals surface area (Å²) in [6, 6.07) is -0.0631. The summed E-state index contributed by atoms with van der Waals surface area (Å²) in [7, 11) is 0. The van der Waals surface area contributed by atoms with Gasteiger partial charge in [-0.15, -0.1) is 0 Å². The van der Waals surface area contributed by atoms with Crippen LogP contribution in [0, 0.1) is 5.92 Å². The van der Waals surface area contributed by atoms with Crippen LogP contribution in [-0.2, 0) is 4.79 Å². The Kier molecular flexibility index (Phi) is 5.05. The molecule has 4 nitrogen and oxygen atoms in total. The zero-order chi connectivity index (χ0) is 11.3. The van der Waals surface area contributed by atoms with Crippen molar-refractivity contribution >= 4 is 5.91 Å². The van der Waals surface area contributed by atoms with E-state index in [4.69, 9.17) is 5.73 Å². The van der Waals surface area contributed by atoms with Crippen molar-refractivity contribution in [1.82, 2.24) is 5.32 Å². The first-order chi connectivity index (χ1) is 7.19. The molecule has 1 saturated carbocycles. The first-order valence-corrected chi connectivity index (χ1v) is 5.87. The van der Waals surface area contributed by atoms with Gasteiger partial charge in [-0.1, -0.05) is 19.8 Å². The minimum Gasteiger partial charge on any atom is -0.391 e. The second kappa shape index (κ2) is 6.08. The largest absolute Gasteiger partial charge is 0.391 e. The second-order valence-corrected chi connectivity index (χ2v) is 4.31.